The Balaban J connectivity index is 3.00. The fourth-order valence-electron chi connectivity index (χ4n) is 0.782. The summed E-state index contributed by atoms with van der Waals surface area (Å²) in [5.74, 6) is 0. The molecule has 0 aliphatic rings. The maximum absolute atomic E-state index is 9.16. The van der Waals surface area contributed by atoms with Gasteiger partial charge in [0.05, 0.1) is 6.10 Å². The van der Waals surface area contributed by atoms with Crippen molar-refractivity contribution in [2.45, 2.75) is 25.4 Å². The SMILES string of the molecule is CNCCC(O)CCCO. The molecule has 0 spiro atoms. The molecule has 0 saturated heterocycles. The van der Waals surface area contributed by atoms with Gasteiger partial charge in [0.25, 0.3) is 0 Å². The molecule has 62 valence electrons. The highest BCUT2D eigenvalue weighted by molar-refractivity contribution is 4.56. The predicted octanol–water partition coefficient (Wildman–Crippen LogP) is -0.271. The Hall–Kier alpha value is -0.120. The molecule has 10 heavy (non-hydrogen) atoms. The van der Waals surface area contributed by atoms with Crippen LogP contribution in [0.4, 0.5) is 0 Å². The van der Waals surface area contributed by atoms with Crippen LogP contribution in [0, 0.1) is 0 Å². The Morgan fingerprint density at radius 1 is 1.40 bits per heavy atom. The van der Waals surface area contributed by atoms with Crippen molar-refractivity contribution >= 4 is 0 Å². The molecule has 0 aliphatic carbocycles. The first-order valence-electron chi connectivity index (χ1n) is 3.74. The van der Waals surface area contributed by atoms with Gasteiger partial charge in [0, 0.05) is 6.61 Å². The summed E-state index contributed by atoms with van der Waals surface area (Å²) in [5, 5.41) is 20.5. The van der Waals surface area contributed by atoms with Crippen LogP contribution in [0.3, 0.4) is 0 Å². The second-order valence-corrected chi connectivity index (χ2v) is 2.41. The molecule has 0 aromatic rings. The van der Waals surface area contributed by atoms with Crippen LogP contribution >= 0.6 is 0 Å². The van der Waals surface area contributed by atoms with Gasteiger partial charge < -0.3 is 15.5 Å². The van der Waals surface area contributed by atoms with Gasteiger partial charge in [-0.3, -0.25) is 0 Å². The lowest BCUT2D eigenvalue weighted by Gasteiger charge is -2.07. The van der Waals surface area contributed by atoms with E-state index in [1.165, 1.54) is 0 Å². The molecule has 0 radical (unpaired) electrons. The van der Waals surface area contributed by atoms with E-state index in [9.17, 15) is 0 Å². The normalized spacial score (nSPS) is 13.5. The van der Waals surface area contributed by atoms with Gasteiger partial charge in [0.2, 0.25) is 0 Å². The fourth-order valence-corrected chi connectivity index (χ4v) is 0.782. The van der Waals surface area contributed by atoms with E-state index in [0.29, 0.717) is 12.8 Å². The third-order valence-corrected chi connectivity index (χ3v) is 1.42. The highest BCUT2D eigenvalue weighted by Gasteiger charge is 2.00. The van der Waals surface area contributed by atoms with Crippen molar-refractivity contribution in [1.82, 2.24) is 5.32 Å². The zero-order valence-electron chi connectivity index (χ0n) is 6.51. The molecule has 0 saturated carbocycles. The maximum Gasteiger partial charge on any atom is 0.0553 e. The number of aliphatic hydroxyl groups excluding tert-OH is 2. The molecule has 0 rings (SSSR count). The van der Waals surface area contributed by atoms with E-state index >= 15 is 0 Å². The van der Waals surface area contributed by atoms with E-state index in [1.807, 2.05) is 7.05 Å². The monoisotopic (exact) mass is 147 g/mol. The van der Waals surface area contributed by atoms with E-state index in [2.05, 4.69) is 5.32 Å². The van der Waals surface area contributed by atoms with Crippen molar-refractivity contribution < 1.29 is 10.2 Å². The van der Waals surface area contributed by atoms with E-state index < -0.39 is 0 Å². The number of aliphatic hydroxyl groups is 2. The van der Waals surface area contributed by atoms with Crippen LogP contribution in [0.15, 0.2) is 0 Å². The number of rotatable bonds is 6. The molecule has 0 aliphatic heterocycles. The average molecular weight is 147 g/mol. The van der Waals surface area contributed by atoms with Crippen molar-refractivity contribution in [3.8, 4) is 0 Å². The summed E-state index contributed by atoms with van der Waals surface area (Å²) < 4.78 is 0. The standard InChI is InChI=1S/C7H17NO2/c1-8-5-4-7(10)3-2-6-9/h7-10H,2-6H2,1H3. The van der Waals surface area contributed by atoms with Gasteiger partial charge in [-0.05, 0) is 32.9 Å². The Labute approximate surface area is 62.1 Å². The number of nitrogens with one attached hydrogen (secondary N) is 1. The predicted molar refractivity (Wildman–Crippen MR) is 40.9 cm³/mol. The maximum atomic E-state index is 9.16. The Kier molecular flexibility index (Phi) is 6.91. The first-order chi connectivity index (χ1) is 4.81. The molecule has 1 atom stereocenters. The van der Waals surface area contributed by atoms with Gasteiger partial charge in [0.15, 0.2) is 0 Å². The molecule has 0 heterocycles. The van der Waals surface area contributed by atoms with Crippen LogP contribution in [-0.2, 0) is 0 Å². The van der Waals surface area contributed by atoms with Gasteiger partial charge in [0.1, 0.15) is 0 Å². The van der Waals surface area contributed by atoms with Crippen LogP contribution in [0.1, 0.15) is 19.3 Å². The second kappa shape index (κ2) is 6.99. The van der Waals surface area contributed by atoms with E-state index in [4.69, 9.17) is 10.2 Å². The molecule has 0 bridgehead atoms. The summed E-state index contributed by atoms with van der Waals surface area (Å²) in [6.45, 7) is 1.02. The Bertz CT molecular complexity index is 60.6. The minimum Gasteiger partial charge on any atom is -0.396 e. The van der Waals surface area contributed by atoms with Gasteiger partial charge in [-0.1, -0.05) is 0 Å². The lowest BCUT2D eigenvalue weighted by Crippen LogP contribution is -2.16. The lowest BCUT2D eigenvalue weighted by atomic mass is 10.1. The molecule has 0 amide bonds. The molecular formula is C7H17NO2. The summed E-state index contributed by atoms with van der Waals surface area (Å²) in [6.07, 6.45) is 1.93. The zero-order valence-corrected chi connectivity index (χ0v) is 6.51. The molecule has 3 heteroatoms. The van der Waals surface area contributed by atoms with Crippen molar-refractivity contribution in [2.24, 2.45) is 0 Å². The quantitative estimate of drug-likeness (QED) is 0.485. The van der Waals surface area contributed by atoms with Gasteiger partial charge in [-0.25, -0.2) is 0 Å². The minimum atomic E-state index is -0.250. The van der Waals surface area contributed by atoms with E-state index in [1.54, 1.807) is 0 Å². The summed E-state index contributed by atoms with van der Waals surface area (Å²) in [4.78, 5) is 0. The summed E-state index contributed by atoms with van der Waals surface area (Å²) in [7, 11) is 1.86. The first-order valence-corrected chi connectivity index (χ1v) is 3.74. The summed E-state index contributed by atoms with van der Waals surface area (Å²) in [5.41, 5.74) is 0. The summed E-state index contributed by atoms with van der Waals surface area (Å²) >= 11 is 0. The molecule has 3 N–H and O–H groups in total. The first kappa shape index (κ1) is 9.88. The molecule has 0 aromatic carbocycles. The average Bonchev–Trinajstić information content (AvgIpc) is 1.97. The number of hydrogen-bond donors (Lipinski definition) is 3. The largest absolute Gasteiger partial charge is 0.396 e. The van der Waals surface area contributed by atoms with Crippen LogP contribution in [0.5, 0.6) is 0 Å². The van der Waals surface area contributed by atoms with Crippen LogP contribution in [0.2, 0.25) is 0 Å². The number of hydrogen-bond acceptors (Lipinski definition) is 3. The van der Waals surface area contributed by atoms with E-state index in [-0.39, 0.29) is 12.7 Å². The molecule has 0 aromatic heterocycles. The third kappa shape index (κ3) is 6.01. The molecule has 3 nitrogen and oxygen atoms in total. The summed E-state index contributed by atoms with van der Waals surface area (Å²) in [6, 6.07) is 0. The Morgan fingerprint density at radius 3 is 2.60 bits per heavy atom. The van der Waals surface area contributed by atoms with Crippen LogP contribution in [-0.4, -0.2) is 36.5 Å². The highest BCUT2D eigenvalue weighted by atomic mass is 16.3. The van der Waals surface area contributed by atoms with Crippen molar-refractivity contribution in [2.75, 3.05) is 20.2 Å². The molecular weight excluding hydrogens is 130 g/mol. The zero-order chi connectivity index (χ0) is 7.82. The Morgan fingerprint density at radius 2 is 2.10 bits per heavy atom. The van der Waals surface area contributed by atoms with Gasteiger partial charge >= 0.3 is 0 Å². The second-order valence-electron chi connectivity index (χ2n) is 2.41. The fraction of sp³-hybridized carbons (Fsp3) is 1.00. The van der Waals surface area contributed by atoms with E-state index in [0.717, 1.165) is 13.0 Å². The molecule has 1 unspecified atom stereocenters. The van der Waals surface area contributed by atoms with Crippen molar-refractivity contribution in [3.63, 3.8) is 0 Å². The topological polar surface area (TPSA) is 52.5 Å². The smallest absolute Gasteiger partial charge is 0.0553 e. The third-order valence-electron chi connectivity index (χ3n) is 1.42. The van der Waals surface area contributed by atoms with Crippen LogP contribution < -0.4 is 5.32 Å². The van der Waals surface area contributed by atoms with Crippen LogP contribution in [0.25, 0.3) is 0 Å². The van der Waals surface area contributed by atoms with Gasteiger partial charge in [-0.15, -0.1) is 0 Å². The van der Waals surface area contributed by atoms with Crippen molar-refractivity contribution in [1.29, 1.82) is 0 Å². The minimum absolute atomic E-state index is 0.177. The lowest BCUT2D eigenvalue weighted by molar-refractivity contribution is 0.141. The van der Waals surface area contributed by atoms with Gasteiger partial charge in [-0.2, -0.15) is 0 Å². The highest BCUT2D eigenvalue weighted by Crippen LogP contribution is 1.99. The molecule has 0 fully saturated rings. The van der Waals surface area contributed by atoms with Crippen molar-refractivity contribution in [3.05, 3.63) is 0 Å².